The molecule has 1 aromatic heterocycles. The predicted octanol–water partition coefficient (Wildman–Crippen LogP) is 7.84. The van der Waals surface area contributed by atoms with Crippen molar-refractivity contribution in [1.29, 1.82) is 0 Å². The Labute approximate surface area is 237 Å². The standard InChI is InChI=1S/C18H34O2.C15H10N.Ir/c1-5-17(6-2)11-9-10-13-12-18(7-3,8-4)16(20)14(13)15(17)19;1-2-6-12(7-3-1)15-11-10-13-8-4-5-9-14(13)16-15;/h13-16,19-20H,5-12H2,1-4H3;1-6,8-11H;/q;-1;. The minimum atomic E-state index is -0.319. The van der Waals surface area contributed by atoms with Gasteiger partial charge in [-0.15, -0.1) is 35.9 Å². The first-order valence-electron chi connectivity index (χ1n) is 14.1. The van der Waals surface area contributed by atoms with Crippen molar-refractivity contribution in [3.05, 3.63) is 66.7 Å². The van der Waals surface area contributed by atoms with Gasteiger partial charge in [-0.2, -0.15) is 0 Å². The van der Waals surface area contributed by atoms with Gasteiger partial charge in [-0.05, 0) is 78.8 Å². The molecular weight excluding hydrogens is 635 g/mol. The second-order valence-electron chi connectivity index (χ2n) is 11.1. The van der Waals surface area contributed by atoms with E-state index in [9.17, 15) is 10.2 Å². The quantitative estimate of drug-likeness (QED) is 0.271. The van der Waals surface area contributed by atoms with Crippen molar-refractivity contribution in [2.24, 2.45) is 22.7 Å². The summed E-state index contributed by atoms with van der Waals surface area (Å²) in [5.41, 5.74) is 3.13. The van der Waals surface area contributed by atoms with Crippen LogP contribution in [0.15, 0.2) is 60.7 Å². The topological polar surface area (TPSA) is 53.4 Å². The van der Waals surface area contributed by atoms with Gasteiger partial charge in [-0.25, -0.2) is 0 Å². The molecule has 4 atom stereocenters. The van der Waals surface area contributed by atoms with Crippen molar-refractivity contribution in [1.82, 2.24) is 4.98 Å². The number of hydrogen-bond donors (Lipinski definition) is 2. The molecule has 5 rings (SSSR count). The number of hydrogen-bond acceptors (Lipinski definition) is 3. The van der Waals surface area contributed by atoms with Crippen molar-refractivity contribution in [2.45, 2.75) is 91.3 Å². The third-order valence-corrected chi connectivity index (χ3v) is 9.85. The molecule has 0 aliphatic heterocycles. The number of fused-ring (bicyclic) bond motifs is 2. The van der Waals surface area contributed by atoms with E-state index in [1.54, 1.807) is 0 Å². The van der Waals surface area contributed by atoms with Crippen LogP contribution in [0, 0.1) is 28.7 Å². The first-order chi connectivity index (χ1) is 17.4. The van der Waals surface area contributed by atoms with E-state index in [-0.39, 0.29) is 49.1 Å². The molecule has 2 saturated carbocycles. The maximum absolute atomic E-state index is 11.1. The fourth-order valence-corrected chi connectivity index (χ4v) is 7.19. The summed E-state index contributed by atoms with van der Waals surface area (Å²) >= 11 is 0. The van der Waals surface area contributed by atoms with Gasteiger partial charge >= 0.3 is 0 Å². The van der Waals surface area contributed by atoms with Crippen LogP contribution in [0.1, 0.15) is 79.1 Å². The van der Waals surface area contributed by atoms with Crippen molar-refractivity contribution < 1.29 is 30.3 Å². The molecule has 0 spiro atoms. The number of nitrogens with zero attached hydrogens (tertiary/aromatic N) is 1. The maximum atomic E-state index is 11.1. The van der Waals surface area contributed by atoms with Crippen LogP contribution in [0.5, 0.6) is 0 Å². The normalized spacial score (nSPS) is 25.8. The fraction of sp³-hybridized carbons (Fsp3) is 0.545. The van der Waals surface area contributed by atoms with Gasteiger partial charge in [0, 0.05) is 26.0 Å². The molecule has 0 bridgehead atoms. The Morgan fingerprint density at radius 2 is 1.49 bits per heavy atom. The Morgan fingerprint density at radius 1 is 0.838 bits per heavy atom. The van der Waals surface area contributed by atoms with Gasteiger partial charge in [0.05, 0.1) is 17.7 Å². The molecule has 3 aromatic rings. The van der Waals surface area contributed by atoms with Crippen LogP contribution in [-0.2, 0) is 20.1 Å². The molecule has 1 heterocycles. The average Bonchev–Trinajstić information content (AvgIpc) is 3.14. The van der Waals surface area contributed by atoms with Crippen LogP contribution < -0.4 is 0 Å². The average molecular weight is 679 g/mol. The monoisotopic (exact) mass is 679 g/mol. The molecule has 2 N–H and O–H groups in total. The zero-order chi connectivity index (χ0) is 25.8. The van der Waals surface area contributed by atoms with Crippen LogP contribution >= 0.6 is 0 Å². The van der Waals surface area contributed by atoms with Crippen LogP contribution in [0.25, 0.3) is 22.2 Å². The van der Waals surface area contributed by atoms with E-state index in [1.807, 2.05) is 48.5 Å². The van der Waals surface area contributed by atoms with Crippen molar-refractivity contribution in [2.75, 3.05) is 0 Å². The first kappa shape index (κ1) is 30.0. The summed E-state index contributed by atoms with van der Waals surface area (Å²) in [6.45, 7) is 8.83. The van der Waals surface area contributed by atoms with Crippen LogP contribution in [-0.4, -0.2) is 27.4 Å². The van der Waals surface area contributed by atoms with E-state index in [0.29, 0.717) is 5.92 Å². The van der Waals surface area contributed by atoms with E-state index < -0.39 is 0 Å². The number of aromatic nitrogens is 1. The summed E-state index contributed by atoms with van der Waals surface area (Å²) in [6, 6.07) is 23.4. The molecule has 2 aromatic carbocycles. The van der Waals surface area contributed by atoms with Crippen molar-refractivity contribution in [3.8, 4) is 11.3 Å². The molecule has 37 heavy (non-hydrogen) atoms. The molecule has 2 aliphatic rings. The van der Waals surface area contributed by atoms with Gasteiger partial charge < -0.3 is 10.2 Å². The molecule has 4 unspecified atom stereocenters. The minimum Gasteiger partial charge on any atom is -0.392 e. The molecular formula is C33H44IrNO2-. The maximum Gasteiger partial charge on any atom is 0.0651 e. The van der Waals surface area contributed by atoms with Gasteiger partial charge in [-0.3, -0.25) is 4.98 Å². The molecule has 0 amide bonds. The number of benzene rings is 2. The summed E-state index contributed by atoms with van der Waals surface area (Å²) in [6.07, 6.45) is 8.17. The van der Waals surface area contributed by atoms with Gasteiger partial charge in [0.1, 0.15) is 0 Å². The zero-order valence-corrected chi connectivity index (χ0v) is 25.3. The van der Waals surface area contributed by atoms with Crippen LogP contribution in [0.4, 0.5) is 0 Å². The summed E-state index contributed by atoms with van der Waals surface area (Å²) in [5.74, 6) is 0.636. The molecule has 2 aliphatic carbocycles. The van der Waals surface area contributed by atoms with Crippen LogP contribution in [0.3, 0.4) is 0 Å². The molecule has 1 radical (unpaired) electrons. The third-order valence-electron chi connectivity index (χ3n) is 9.85. The van der Waals surface area contributed by atoms with E-state index >= 15 is 0 Å². The molecule has 0 saturated heterocycles. The SMILES string of the molecule is CCC1(CC)CCCC2CC(CC)(CC)C(O)C2C1O.[Ir].[c-]1ccccc1-c1ccc2ccccc2n1. The number of aliphatic hydroxyl groups is 2. The van der Waals surface area contributed by atoms with Gasteiger partial charge in [0.2, 0.25) is 0 Å². The smallest absolute Gasteiger partial charge is 0.0651 e. The molecule has 2 fully saturated rings. The Kier molecular flexibility index (Phi) is 10.5. The Bertz CT molecular complexity index is 1110. The Balaban J connectivity index is 0.000000204. The van der Waals surface area contributed by atoms with Gasteiger partial charge in [-0.1, -0.05) is 64.4 Å². The van der Waals surface area contributed by atoms with Crippen molar-refractivity contribution >= 4 is 10.9 Å². The predicted molar refractivity (Wildman–Crippen MR) is 150 cm³/mol. The zero-order valence-electron chi connectivity index (χ0n) is 22.9. The number of para-hydroxylation sites is 1. The second-order valence-corrected chi connectivity index (χ2v) is 11.1. The van der Waals surface area contributed by atoms with E-state index in [1.165, 1.54) is 18.2 Å². The van der Waals surface area contributed by atoms with Crippen molar-refractivity contribution in [3.63, 3.8) is 0 Å². The summed E-state index contributed by atoms with van der Waals surface area (Å²) in [7, 11) is 0. The number of aliphatic hydroxyl groups excluding tert-OH is 2. The van der Waals surface area contributed by atoms with E-state index in [2.05, 4.69) is 50.9 Å². The number of pyridine rings is 1. The first-order valence-corrected chi connectivity index (χ1v) is 14.1. The largest absolute Gasteiger partial charge is 0.392 e. The summed E-state index contributed by atoms with van der Waals surface area (Å²) in [4.78, 5) is 4.61. The molecule has 4 heteroatoms. The minimum absolute atomic E-state index is 0. The van der Waals surface area contributed by atoms with E-state index in [4.69, 9.17) is 0 Å². The molecule has 203 valence electrons. The Morgan fingerprint density at radius 3 is 2.14 bits per heavy atom. The third kappa shape index (κ3) is 5.88. The van der Waals surface area contributed by atoms with Gasteiger partial charge in [0.25, 0.3) is 0 Å². The summed E-state index contributed by atoms with van der Waals surface area (Å²) in [5, 5.41) is 23.3. The van der Waals surface area contributed by atoms with E-state index in [0.717, 1.165) is 55.3 Å². The second kappa shape index (κ2) is 13.0. The Hall–Kier alpha value is -1.58. The summed E-state index contributed by atoms with van der Waals surface area (Å²) < 4.78 is 0. The van der Waals surface area contributed by atoms with Crippen LogP contribution in [0.2, 0.25) is 0 Å². The van der Waals surface area contributed by atoms with Gasteiger partial charge in [0.15, 0.2) is 0 Å². The number of rotatable bonds is 5. The fourth-order valence-electron chi connectivity index (χ4n) is 7.19. The molecule has 3 nitrogen and oxygen atoms in total.